The van der Waals surface area contributed by atoms with Crippen LogP contribution >= 0.6 is 0 Å². The van der Waals surface area contributed by atoms with E-state index in [-0.39, 0.29) is 11.1 Å². The SMILES string of the molecule is CCCCn1c(=O)c([N+](=O)[O-])c(-c2cccc(F)c2)c2cccnc21. The molecule has 0 atom stereocenters. The molecule has 0 saturated heterocycles. The maximum Gasteiger partial charge on any atom is 0.342 e. The largest absolute Gasteiger partial charge is 0.342 e. The number of hydrogen-bond acceptors (Lipinski definition) is 4. The van der Waals surface area contributed by atoms with Crippen LogP contribution in [0.25, 0.3) is 22.2 Å². The minimum absolute atomic E-state index is 0.102. The monoisotopic (exact) mass is 341 g/mol. The van der Waals surface area contributed by atoms with Gasteiger partial charge in [0.1, 0.15) is 11.5 Å². The number of benzene rings is 1. The van der Waals surface area contributed by atoms with Gasteiger partial charge in [-0.2, -0.15) is 0 Å². The highest BCUT2D eigenvalue weighted by Crippen LogP contribution is 2.34. The summed E-state index contributed by atoms with van der Waals surface area (Å²) in [7, 11) is 0. The number of nitro groups is 1. The molecule has 0 unspecified atom stereocenters. The average Bonchev–Trinajstić information content (AvgIpc) is 2.59. The topological polar surface area (TPSA) is 78.0 Å². The molecular formula is C18H16FN3O3. The van der Waals surface area contributed by atoms with E-state index in [9.17, 15) is 19.3 Å². The molecule has 0 bridgehead atoms. The summed E-state index contributed by atoms with van der Waals surface area (Å²) in [5.74, 6) is -0.529. The molecule has 0 spiro atoms. The summed E-state index contributed by atoms with van der Waals surface area (Å²) in [4.78, 5) is 28.0. The van der Waals surface area contributed by atoms with Gasteiger partial charge in [0.2, 0.25) is 0 Å². The highest BCUT2D eigenvalue weighted by atomic mass is 19.1. The Morgan fingerprint density at radius 3 is 2.76 bits per heavy atom. The van der Waals surface area contributed by atoms with E-state index < -0.39 is 22.0 Å². The van der Waals surface area contributed by atoms with Gasteiger partial charge >= 0.3 is 11.2 Å². The number of aromatic nitrogens is 2. The van der Waals surface area contributed by atoms with Crippen molar-refractivity contribution >= 4 is 16.7 Å². The first-order chi connectivity index (χ1) is 12.0. The first kappa shape index (κ1) is 16.8. The zero-order valence-corrected chi connectivity index (χ0v) is 13.6. The van der Waals surface area contributed by atoms with E-state index in [4.69, 9.17) is 0 Å². The Kier molecular flexibility index (Phi) is 4.56. The smallest absolute Gasteiger partial charge is 0.287 e. The highest BCUT2D eigenvalue weighted by Gasteiger charge is 2.27. The fraction of sp³-hybridized carbons (Fsp3) is 0.222. The van der Waals surface area contributed by atoms with Gasteiger partial charge in [-0.25, -0.2) is 9.37 Å². The molecule has 0 aliphatic heterocycles. The number of halogens is 1. The van der Waals surface area contributed by atoms with Crippen LogP contribution < -0.4 is 5.56 Å². The Labute approximate surface area is 142 Å². The Morgan fingerprint density at radius 2 is 2.08 bits per heavy atom. The molecule has 0 amide bonds. The third-order valence-corrected chi connectivity index (χ3v) is 4.03. The molecule has 0 saturated carbocycles. The van der Waals surface area contributed by atoms with Gasteiger partial charge < -0.3 is 0 Å². The van der Waals surface area contributed by atoms with Crippen LogP contribution in [0.4, 0.5) is 10.1 Å². The van der Waals surface area contributed by atoms with Gasteiger partial charge in [-0.05, 0) is 36.2 Å². The molecule has 7 heteroatoms. The zero-order chi connectivity index (χ0) is 18.0. The van der Waals surface area contributed by atoms with E-state index in [0.717, 1.165) is 6.42 Å². The molecule has 2 heterocycles. The summed E-state index contributed by atoms with van der Waals surface area (Å²) in [6.45, 7) is 2.31. The lowest BCUT2D eigenvalue weighted by Crippen LogP contribution is -2.25. The molecule has 0 N–H and O–H groups in total. The fourth-order valence-corrected chi connectivity index (χ4v) is 2.89. The lowest BCUT2D eigenvalue weighted by molar-refractivity contribution is -0.385. The molecule has 3 aromatic rings. The molecule has 25 heavy (non-hydrogen) atoms. The molecule has 6 nitrogen and oxygen atoms in total. The van der Waals surface area contributed by atoms with Crippen LogP contribution in [-0.4, -0.2) is 14.5 Å². The van der Waals surface area contributed by atoms with Crippen LogP contribution in [0.5, 0.6) is 0 Å². The molecular weight excluding hydrogens is 325 g/mol. The minimum Gasteiger partial charge on any atom is -0.287 e. The van der Waals surface area contributed by atoms with Gasteiger partial charge in [0.05, 0.1) is 10.5 Å². The van der Waals surface area contributed by atoms with Crippen molar-refractivity contribution in [1.29, 1.82) is 0 Å². The first-order valence-corrected chi connectivity index (χ1v) is 7.96. The van der Waals surface area contributed by atoms with Crippen LogP contribution in [0.2, 0.25) is 0 Å². The summed E-state index contributed by atoms with van der Waals surface area (Å²) in [6, 6.07) is 8.75. The van der Waals surface area contributed by atoms with E-state index in [1.807, 2.05) is 6.92 Å². The van der Waals surface area contributed by atoms with Crippen molar-refractivity contribution in [3.63, 3.8) is 0 Å². The van der Waals surface area contributed by atoms with Crippen LogP contribution in [0, 0.1) is 15.9 Å². The quantitative estimate of drug-likeness (QED) is 0.521. The minimum atomic E-state index is -0.719. The van der Waals surface area contributed by atoms with E-state index in [0.29, 0.717) is 24.0 Å². The van der Waals surface area contributed by atoms with E-state index in [1.165, 1.54) is 29.0 Å². The lowest BCUT2D eigenvalue weighted by atomic mass is 10.0. The van der Waals surface area contributed by atoms with E-state index in [1.54, 1.807) is 18.2 Å². The van der Waals surface area contributed by atoms with Crippen molar-refractivity contribution in [2.45, 2.75) is 26.3 Å². The molecule has 3 rings (SSSR count). The maximum absolute atomic E-state index is 13.7. The van der Waals surface area contributed by atoms with Crippen molar-refractivity contribution in [3.05, 3.63) is 68.9 Å². The summed E-state index contributed by atoms with van der Waals surface area (Å²) < 4.78 is 15.0. The van der Waals surface area contributed by atoms with Crippen molar-refractivity contribution in [1.82, 2.24) is 9.55 Å². The summed E-state index contributed by atoms with van der Waals surface area (Å²) >= 11 is 0. The summed E-state index contributed by atoms with van der Waals surface area (Å²) in [6.07, 6.45) is 3.06. The predicted octanol–water partition coefficient (Wildman–Crippen LogP) is 3.91. The maximum atomic E-state index is 13.7. The Bertz CT molecular complexity index is 1010. The molecule has 0 fully saturated rings. The molecule has 2 aromatic heterocycles. The van der Waals surface area contributed by atoms with Crippen LogP contribution in [0.3, 0.4) is 0 Å². The van der Waals surface area contributed by atoms with Crippen molar-refractivity contribution in [2.24, 2.45) is 0 Å². The number of hydrogen-bond donors (Lipinski definition) is 0. The summed E-state index contributed by atoms with van der Waals surface area (Å²) in [5, 5.41) is 12.1. The average molecular weight is 341 g/mol. The molecule has 0 aliphatic rings. The van der Waals surface area contributed by atoms with Crippen LogP contribution in [0.1, 0.15) is 19.8 Å². The van der Waals surface area contributed by atoms with Crippen LogP contribution in [0.15, 0.2) is 47.4 Å². The fourth-order valence-electron chi connectivity index (χ4n) is 2.89. The Balaban J connectivity index is 2.46. The Morgan fingerprint density at radius 1 is 1.28 bits per heavy atom. The molecule has 128 valence electrons. The van der Waals surface area contributed by atoms with E-state index in [2.05, 4.69) is 4.98 Å². The second kappa shape index (κ2) is 6.80. The summed E-state index contributed by atoms with van der Waals surface area (Å²) in [5.41, 5.74) is -0.522. The highest BCUT2D eigenvalue weighted by molar-refractivity contribution is 5.97. The number of rotatable bonds is 5. The number of nitrogens with zero attached hydrogens (tertiary/aromatic N) is 3. The van der Waals surface area contributed by atoms with Gasteiger partial charge in [-0.1, -0.05) is 25.5 Å². The normalized spacial score (nSPS) is 11.0. The number of pyridine rings is 2. The number of fused-ring (bicyclic) bond motifs is 1. The third kappa shape index (κ3) is 3.00. The predicted molar refractivity (Wildman–Crippen MR) is 93.0 cm³/mol. The molecule has 1 aromatic carbocycles. The van der Waals surface area contributed by atoms with Gasteiger partial charge in [-0.15, -0.1) is 0 Å². The molecule has 0 aliphatic carbocycles. The van der Waals surface area contributed by atoms with Gasteiger partial charge in [0, 0.05) is 18.1 Å². The van der Waals surface area contributed by atoms with Crippen molar-refractivity contribution < 1.29 is 9.31 Å². The Hall–Kier alpha value is -3.09. The van der Waals surface area contributed by atoms with Crippen molar-refractivity contribution in [3.8, 4) is 11.1 Å². The standard InChI is InChI=1S/C18H16FN3O3/c1-2-3-10-21-17-14(8-5-9-20-17)15(16(18(21)23)22(24)25)12-6-4-7-13(19)11-12/h4-9,11H,2-3,10H2,1H3. The first-order valence-electron chi connectivity index (χ1n) is 7.96. The second-order valence-electron chi connectivity index (χ2n) is 5.68. The van der Waals surface area contributed by atoms with Crippen LogP contribution in [-0.2, 0) is 6.54 Å². The van der Waals surface area contributed by atoms with Gasteiger partial charge in [-0.3, -0.25) is 19.5 Å². The number of aryl methyl sites for hydroxylation is 1. The molecule has 0 radical (unpaired) electrons. The van der Waals surface area contributed by atoms with Crippen molar-refractivity contribution in [2.75, 3.05) is 0 Å². The van der Waals surface area contributed by atoms with Gasteiger partial charge in [0.25, 0.3) is 0 Å². The van der Waals surface area contributed by atoms with E-state index >= 15 is 0 Å². The zero-order valence-electron chi connectivity index (χ0n) is 13.6. The van der Waals surface area contributed by atoms with Gasteiger partial charge in [0.15, 0.2) is 0 Å². The lowest BCUT2D eigenvalue weighted by Gasteiger charge is -2.13. The second-order valence-corrected chi connectivity index (χ2v) is 5.68. The third-order valence-electron chi connectivity index (χ3n) is 4.03. The number of unbranched alkanes of at least 4 members (excludes halogenated alkanes) is 1.